The van der Waals surface area contributed by atoms with Crippen LogP contribution in [0.4, 0.5) is 0 Å². The second-order valence-corrected chi connectivity index (χ2v) is 7.14. The molecule has 0 saturated carbocycles. The van der Waals surface area contributed by atoms with Crippen LogP contribution in [-0.4, -0.2) is 87.4 Å². The average molecular weight is 374 g/mol. The van der Waals surface area contributed by atoms with E-state index in [1.807, 2.05) is 27.7 Å². The molecule has 1 saturated heterocycles. The maximum atomic E-state index is 11.4. The second kappa shape index (κ2) is 16.5. The van der Waals surface area contributed by atoms with E-state index in [1.165, 1.54) is 0 Å². The molecule has 1 aliphatic rings. The highest BCUT2D eigenvalue weighted by atomic mass is 16.5. The molecule has 0 aliphatic carbocycles. The maximum absolute atomic E-state index is 11.4. The summed E-state index contributed by atoms with van der Waals surface area (Å²) in [4.78, 5) is 16.4. The molecular weight excluding hydrogens is 330 g/mol. The Labute approximate surface area is 161 Å². The van der Waals surface area contributed by atoms with Crippen LogP contribution in [0, 0.1) is 5.92 Å². The van der Waals surface area contributed by atoms with Crippen LogP contribution in [0.25, 0.3) is 0 Å². The highest BCUT2D eigenvalue weighted by Crippen LogP contribution is 2.05. The highest BCUT2D eigenvalue weighted by Gasteiger charge is 2.18. The molecule has 0 atom stereocenters. The van der Waals surface area contributed by atoms with Crippen LogP contribution < -0.4 is 5.32 Å². The molecule has 156 valence electrons. The van der Waals surface area contributed by atoms with Crippen LogP contribution in [0.1, 0.15) is 48.0 Å². The van der Waals surface area contributed by atoms with Gasteiger partial charge in [0.05, 0.1) is 26.4 Å². The molecule has 1 rings (SSSR count). The van der Waals surface area contributed by atoms with Crippen molar-refractivity contribution in [2.75, 3.05) is 65.7 Å². The molecule has 26 heavy (non-hydrogen) atoms. The number of nitrogens with zero attached hydrogens (tertiary/aromatic N) is 2. The summed E-state index contributed by atoms with van der Waals surface area (Å²) in [6.07, 6.45) is 0.578. The summed E-state index contributed by atoms with van der Waals surface area (Å²) in [6, 6.07) is 0.649. The van der Waals surface area contributed by atoms with Gasteiger partial charge in [-0.2, -0.15) is 0 Å². The first-order chi connectivity index (χ1) is 12.5. The first-order valence-electron chi connectivity index (χ1n) is 10.4. The predicted molar refractivity (Wildman–Crippen MR) is 109 cm³/mol. The Morgan fingerprint density at radius 1 is 0.923 bits per heavy atom. The van der Waals surface area contributed by atoms with Gasteiger partial charge in [0.1, 0.15) is 0 Å². The van der Waals surface area contributed by atoms with Gasteiger partial charge in [0.15, 0.2) is 0 Å². The Bertz CT molecular complexity index is 330. The fraction of sp³-hybridized carbons (Fsp3) is 0.950. The Morgan fingerprint density at radius 2 is 1.50 bits per heavy atom. The van der Waals surface area contributed by atoms with Crippen molar-refractivity contribution in [2.45, 2.75) is 54.0 Å². The smallest absolute Gasteiger partial charge is 0.220 e. The molecule has 1 fully saturated rings. The van der Waals surface area contributed by atoms with Gasteiger partial charge in [0.2, 0.25) is 5.91 Å². The van der Waals surface area contributed by atoms with Crippen molar-refractivity contribution in [3.63, 3.8) is 0 Å². The third-order valence-electron chi connectivity index (χ3n) is 4.22. The van der Waals surface area contributed by atoms with E-state index < -0.39 is 0 Å². The van der Waals surface area contributed by atoms with Gasteiger partial charge >= 0.3 is 0 Å². The van der Waals surface area contributed by atoms with Gasteiger partial charge in [-0.1, -0.05) is 27.7 Å². The first-order valence-corrected chi connectivity index (χ1v) is 10.4. The lowest BCUT2D eigenvalue weighted by atomic mass is 10.1. The van der Waals surface area contributed by atoms with E-state index in [0.29, 0.717) is 44.7 Å². The molecule has 1 aliphatic heterocycles. The summed E-state index contributed by atoms with van der Waals surface area (Å²) < 4.78 is 11.1. The third-order valence-corrected chi connectivity index (χ3v) is 4.22. The number of nitrogens with one attached hydrogen (secondary N) is 1. The van der Waals surface area contributed by atoms with Crippen LogP contribution in [0.15, 0.2) is 0 Å². The standard InChI is InChI=1S/C18H37N3O3.C2H6/c1-16(2)15-18(22)19-5-11-23-13-14-24-12-10-20-6-8-21(9-7-20)17(3)4;1-2/h16-17H,5-15H2,1-4H3,(H,19,22);1-2H3. The van der Waals surface area contributed by atoms with Gasteiger partial charge in [0.25, 0.3) is 0 Å². The average Bonchev–Trinajstić information content (AvgIpc) is 2.61. The topological polar surface area (TPSA) is 54.0 Å². The maximum Gasteiger partial charge on any atom is 0.220 e. The van der Waals surface area contributed by atoms with Gasteiger partial charge in [-0.05, 0) is 19.8 Å². The Kier molecular flexibility index (Phi) is 16.0. The van der Waals surface area contributed by atoms with Gasteiger partial charge in [-0.15, -0.1) is 0 Å². The molecule has 6 heteroatoms. The van der Waals surface area contributed by atoms with E-state index in [-0.39, 0.29) is 5.91 Å². The largest absolute Gasteiger partial charge is 0.378 e. The van der Waals surface area contributed by atoms with Crippen LogP contribution in [-0.2, 0) is 14.3 Å². The Balaban J connectivity index is 0.00000301. The summed E-state index contributed by atoms with van der Waals surface area (Å²) in [7, 11) is 0. The Morgan fingerprint density at radius 3 is 2.04 bits per heavy atom. The zero-order chi connectivity index (χ0) is 19.8. The van der Waals surface area contributed by atoms with E-state index in [9.17, 15) is 4.79 Å². The molecule has 0 aromatic rings. The van der Waals surface area contributed by atoms with E-state index in [0.717, 1.165) is 39.3 Å². The number of amides is 1. The monoisotopic (exact) mass is 373 g/mol. The third kappa shape index (κ3) is 13.5. The van der Waals surface area contributed by atoms with Gasteiger partial charge in [0, 0.05) is 51.7 Å². The molecule has 1 amide bonds. The Hall–Kier alpha value is -0.690. The summed E-state index contributed by atoms with van der Waals surface area (Å²) in [6.45, 7) is 21.3. The fourth-order valence-corrected chi connectivity index (χ4v) is 2.72. The van der Waals surface area contributed by atoms with Crippen molar-refractivity contribution in [2.24, 2.45) is 5.92 Å². The van der Waals surface area contributed by atoms with Crippen molar-refractivity contribution in [3.05, 3.63) is 0 Å². The number of piperazine rings is 1. The molecule has 1 heterocycles. The predicted octanol–water partition coefficient (Wildman–Crippen LogP) is 2.23. The lowest BCUT2D eigenvalue weighted by Crippen LogP contribution is -2.49. The zero-order valence-corrected chi connectivity index (χ0v) is 18.1. The fourth-order valence-electron chi connectivity index (χ4n) is 2.72. The summed E-state index contributed by atoms with van der Waals surface area (Å²) in [5, 5.41) is 2.86. The van der Waals surface area contributed by atoms with E-state index in [1.54, 1.807) is 0 Å². The molecule has 0 unspecified atom stereocenters. The van der Waals surface area contributed by atoms with Crippen molar-refractivity contribution in [3.8, 4) is 0 Å². The number of ether oxygens (including phenoxy) is 2. The van der Waals surface area contributed by atoms with Crippen molar-refractivity contribution < 1.29 is 14.3 Å². The van der Waals surface area contributed by atoms with Crippen LogP contribution >= 0.6 is 0 Å². The molecular formula is C20H43N3O3. The second-order valence-electron chi connectivity index (χ2n) is 7.14. The quantitative estimate of drug-likeness (QED) is 0.532. The molecule has 1 N–H and O–H groups in total. The molecule has 0 spiro atoms. The number of carbonyl (C=O) groups excluding carboxylic acids is 1. The van der Waals surface area contributed by atoms with Crippen molar-refractivity contribution in [1.82, 2.24) is 15.1 Å². The van der Waals surface area contributed by atoms with Crippen LogP contribution in [0.3, 0.4) is 0 Å². The summed E-state index contributed by atoms with van der Waals surface area (Å²) in [5.74, 6) is 0.495. The van der Waals surface area contributed by atoms with Crippen LogP contribution in [0.2, 0.25) is 0 Å². The number of rotatable bonds is 12. The van der Waals surface area contributed by atoms with Gasteiger partial charge in [-0.3, -0.25) is 14.6 Å². The van der Waals surface area contributed by atoms with E-state index in [4.69, 9.17) is 9.47 Å². The van der Waals surface area contributed by atoms with Gasteiger partial charge in [-0.25, -0.2) is 0 Å². The van der Waals surface area contributed by atoms with Gasteiger partial charge < -0.3 is 14.8 Å². The SMILES string of the molecule is CC.CC(C)CC(=O)NCCOCCOCCN1CCN(C(C)C)CC1. The molecule has 0 aromatic heterocycles. The number of hydrogen-bond acceptors (Lipinski definition) is 5. The molecule has 0 aromatic carbocycles. The number of carbonyl (C=O) groups is 1. The molecule has 0 bridgehead atoms. The zero-order valence-electron chi connectivity index (χ0n) is 18.1. The number of hydrogen-bond donors (Lipinski definition) is 1. The minimum absolute atomic E-state index is 0.0995. The van der Waals surface area contributed by atoms with E-state index in [2.05, 4.69) is 29.0 Å². The summed E-state index contributed by atoms with van der Waals surface area (Å²) >= 11 is 0. The normalized spacial score (nSPS) is 15.8. The lowest BCUT2D eigenvalue weighted by Gasteiger charge is -2.36. The van der Waals surface area contributed by atoms with Crippen molar-refractivity contribution in [1.29, 1.82) is 0 Å². The molecule has 6 nitrogen and oxygen atoms in total. The highest BCUT2D eigenvalue weighted by molar-refractivity contribution is 5.75. The lowest BCUT2D eigenvalue weighted by molar-refractivity contribution is -0.122. The van der Waals surface area contributed by atoms with Crippen LogP contribution in [0.5, 0.6) is 0 Å². The minimum Gasteiger partial charge on any atom is -0.378 e. The minimum atomic E-state index is 0.0995. The molecule has 0 radical (unpaired) electrons. The first kappa shape index (κ1) is 25.3. The van der Waals surface area contributed by atoms with E-state index >= 15 is 0 Å². The summed E-state index contributed by atoms with van der Waals surface area (Å²) in [5.41, 5.74) is 0. The van der Waals surface area contributed by atoms with Crippen molar-refractivity contribution >= 4 is 5.91 Å².